The van der Waals surface area contributed by atoms with Crippen molar-refractivity contribution in [3.8, 4) is 0 Å². The van der Waals surface area contributed by atoms with Gasteiger partial charge in [-0.1, -0.05) is 0 Å². The molecule has 0 aromatic carbocycles. The Morgan fingerprint density at radius 1 is 1.67 bits per heavy atom. The highest BCUT2D eigenvalue weighted by molar-refractivity contribution is 4.82. The lowest BCUT2D eigenvalue weighted by Gasteiger charge is -1.98. The number of hydrogen-bond acceptors (Lipinski definition) is 2. The van der Waals surface area contributed by atoms with Crippen molar-refractivity contribution in [2.75, 3.05) is 7.05 Å². The van der Waals surface area contributed by atoms with Gasteiger partial charge in [-0.25, -0.2) is 0 Å². The zero-order chi connectivity index (χ0) is 4.41. The lowest BCUT2D eigenvalue weighted by Crippen LogP contribution is -1.99. The normalized spacial score (nSPS) is 18.5. The van der Waals surface area contributed by atoms with Crippen molar-refractivity contribution >= 4 is 0 Å². The van der Waals surface area contributed by atoms with Crippen molar-refractivity contribution in [1.82, 2.24) is 4.90 Å². The van der Waals surface area contributed by atoms with Gasteiger partial charge < -0.3 is 9.64 Å². The molecule has 0 atom stereocenters. The molecule has 1 rings (SSSR count). The third-order valence-corrected chi connectivity index (χ3v) is 0.602. The van der Waals surface area contributed by atoms with Crippen LogP contribution in [0.2, 0.25) is 0 Å². The summed E-state index contributed by atoms with van der Waals surface area (Å²) in [5.41, 5.74) is 0. The van der Waals surface area contributed by atoms with Crippen molar-refractivity contribution in [2.45, 2.75) is 0 Å². The van der Waals surface area contributed by atoms with Gasteiger partial charge in [-0.2, -0.15) is 0 Å². The summed E-state index contributed by atoms with van der Waals surface area (Å²) in [7, 11) is 1.91. The molecule has 0 aromatic heterocycles. The van der Waals surface area contributed by atoms with E-state index in [1.807, 2.05) is 18.1 Å². The van der Waals surface area contributed by atoms with Gasteiger partial charge in [0.1, 0.15) is 6.26 Å². The SMILES string of the molecule is CN1[CH]OC=C1. The minimum Gasteiger partial charge on any atom is -0.470 e. The Labute approximate surface area is 37.0 Å². The maximum absolute atomic E-state index is 4.68. The molecule has 2 nitrogen and oxygen atoms in total. The topological polar surface area (TPSA) is 12.5 Å². The molecule has 1 radical (unpaired) electrons. The summed E-state index contributed by atoms with van der Waals surface area (Å²) in [6, 6.07) is 0. The molecule has 1 aliphatic heterocycles. The van der Waals surface area contributed by atoms with E-state index in [-0.39, 0.29) is 0 Å². The van der Waals surface area contributed by atoms with E-state index in [1.54, 1.807) is 13.0 Å². The standard InChI is InChI=1S/C4H6NO/c1-5-2-3-6-4-5/h2-4H,1H3. The van der Waals surface area contributed by atoms with E-state index in [2.05, 4.69) is 4.74 Å². The van der Waals surface area contributed by atoms with Crippen LogP contribution in [0.3, 0.4) is 0 Å². The van der Waals surface area contributed by atoms with E-state index in [9.17, 15) is 0 Å². The molecule has 0 amide bonds. The first kappa shape index (κ1) is 3.53. The van der Waals surface area contributed by atoms with Gasteiger partial charge in [0.2, 0.25) is 6.73 Å². The maximum atomic E-state index is 4.68. The van der Waals surface area contributed by atoms with Crippen LogP contribution >= 0.6 is 0 Å². The van der Waals surface area contributed by atoms with E-state index < -0.39 is 0 Å². The van der Waals surface area contributed by atoms with E-state index in [0.29, 0.717) is 0 Å². The minimum atomic E-state index is 1.62. The number of rotatable bonds is 0. The highest BCUT2D eigenvalue weighted by Gasteiger charge is 1.94. The fourth-order valence-electron chi connectivity index (χ4n) is 0.297. The quantitative estimate of drug-likeness (QED) is 0.424. The summed E-state index contributed by atoms with van der Waals surface area (Å²) in [6.07, 6.45) is 3.46. The predicted molar refractivity (Wildman–Crippen MR) is 22.3 cm³/mol. The van der Waals surface area contributed by atoms with Gasteiger partial charge in [0.05, 0.1) is 0 Å². The van der Waals surface area contributed by atoms with Gasteiger partial charge in [0, 0.05) is 13.2 Å². The maximum Gasteiger partial charge on any atom is 0.227 e. The molecule has 6 heavy (non-hydrogen) atoms. The van der Waals surface area contributed by atoms with Crippen LogP contribution in [0.25, 0.3) is 0 Å². The lowest BCUT2D eigenvalue weighted by molar-refractivity contribution is 0.280. The average molecular weight is 84.1 g/mol. The van der Waals surface area contributed by atoms with Gasteiger partial charge in [-0.15, -0.1) is 0 Å². The van der Waals surface area contributed by atoms with Crippen LogP contribution in [0.4, 0.5) is 0 Å². The molecule has 33 valence electrons. The monoisotopic (exact) mass is 84.0 g/mol. The van der Waals surface area contributed by atoms with E-state index in [1.165, 1.54) is 0 Å². The summed E-state index contributed by atoms with van der Waals surface area (Å²) in [5.74, 6) is 0. The second-order valence-corrected chi connectivity index (χ2v) is 1.19. The van der Waals surface area contributed by atoms with Crippen LogP contribution in [-0.4, -0.2) is 11.9 Å². The lowest BCUT2D eigenvalue weighted by atomic mass is 10.9. The van der Waals surface area contributed by atoms with Gasteiger partial charge >= 0.3 is 0 Å². The first-order valence-corrected chi connectivity index (χ1v) is 1.77. The summed E-state index contributed by atoms with van der Waals surface area (Å²) in [6.45, 7) is 1.62. The number of hydrogen-bond donors (Lipinski definition) is 0. The van der Waals surface area contributed by atoms with Crippen LogP contribution in [0, 0.1) is 6.73 Å². The average Bonchev–Trinajstić information content (AvgIpc) is 1.86. The van der Waals surface area contributed by atoms with E-state index >= 15 is 0 Å². The molecule has 2 heteroatoms. The number of nitrogens with zero attached hydrogens (tertiary/aromatic N) is 1. The number of ether oxygens (including phenoxy) is 1. The summed E-state index contributed by atoms with van der Waals surface area (Å²) >= 11 is 0. The van der Waals surface area contributed by atoms with Gasteiger partial charge in [-0.05, 0) is 0 Å². The Kier molecular flexibility index (Phi) is 0.708. The molecule has 0 N–H and O–H groups in total. The molecule has 1 heterocycles. The largest absolute Gasteiger partial charge is 0.470 e. The summed E-state index contributed by atoms with van der Waals surface area (Å²) in [4.78, 5) is 1.83. The zero-order valence-electron chi connectivity index (χ0n) is 3.59. The second-order valence-electron chi connectivity index (χ2n) is 1.19. The van der Waals surface area contributed by atoms with Crippen LogP contribution in [0.15, 0.2) is 12.5 Å². The van der Waals surface area contributed by atoms with Crippen LogP contribution < -0.4 is 0 Å². The van der Waals surface area contributed by atoms with Crippen molar-refractivity contribution in [1.29, 1.82) is 0 Å². The van der Waals surface area contributed by atoms with Crippen LogP contribution in [0.1, 0.15) is 0 Å². The smallest absolute Gasteiger partial charge is 0.227 e. The molecule has 0 saturated carbocycles. The molecule has 0 aliphatic carbocycles. The van der Waals surface area contributed by atoms with E-state index in [4.69, 9.17) is 0 Å². The molecule has 0 aromatic rings. The van der Waals surface area contributed by atoms with Crippen LogP contribution in [0.5, 0.6) is 0 Å². The third kappa shape index (κ3) is 0.455. The van der Waals surface area contributed by atoms with Gasteiger partial charge in [-0.3, -0.25) is 0 Å². The van der Waals surface area contributed by atoms with Gasteiger partial charge in [0.15, 0.2) is 0 Å². The van der Waals surface area contributed by atoms with Crippen molar-refractivity contribution in [2.24, 2.45) is 0 Å². The molecular formula is C4H6NO. The highest BCUT2D eigenvalue weighted by Crippen LogP contribution is 1.99. The molecule has 0 bridgehead atoms. The fourth-order valence-corrected chi connectivity index (χ4v) is 0.297. The Morgan fingerprint density at radius 2 is 2.50 bits per heavy atom. The summed E-state index contributed by atoms with van der Waals surface area (Å²) < 4.78 is 4.68. The first-order chi connectivity index (χ1) is 2.89. The van der Waals surface area contributed by atoms with Crippen molar-refractivity contribution < 1.29 is 4.74 Å². The molecule has 0 fully saturated rings. The molecule has 1 aliphatic rings. The van der Waals surface area contributed by atoms with E-state index in [0.717, 1.165) is 0 Å². The third-order valence-electron chi connectivity index (χ3n) is 0.602. The van der Waals surface area contributed by atoms with Crippen molar-refractivity contribution in [3.05, 3.63) is 19.2 Å². The highest BCUT2D eigenvalue weighted by atomic mass is 16.5. The Bertz CT molecular complexity index is 69.9. The predicted octanol–water partition coefficient (Wildman–Crippen LogP) is 0.539. The first-order valence-electron chi connectivity index (χ1n) is 1.77. The molecule has 0 unspecified atom stereocenters. The molecule has 0 spiro atoms. The van der Waals surface area contributed by atoms with Crippen molar-refractivity contribution in [3.63, 3.8) is 0 Å². The minimum absolute atomic E-state index is 1.62. The Hall–Kier alpha value is -0.660. The second kappa shape index (κ2) is 1.20. The molecule has 0 saturated heterocycles. The zero-order valence-corrected chi connectivity index (χ0v) is 3.59. The fraction of sp³-hybridized carbons (Fsp3) is 0.250. The summed E-state index contributed by atoms with van der Waals surface area (Å²) in [5, 5.41) is 0. The Balaban J connectivity index is 2.38. The molecular weight excluding hydrogens is 78.0 g/mol. The van der Waals surface area contributed by atoms with Crippen LogP contribution in [-0.2, 0) is 4.74 Å². The van der Waals surface area contributed by atoms with Gasteiger partial charge in [0.25, 0.3) is 0 Å². The Morgan fingerprint density at radius 3 is 2.67 bits per heavy atom.